The number of nitrogens with zero attached hydrogens (tertiary/aromatic N) is 6. The molecular formula is C45H46FN9O4. The number of nitrogens with one attached hydrogen (secondary N) is 3. The highest BCUT2D eigenvalue weighted by atomic mass is 19.1. The van der Waals surface area contributed by atoms with Gasteiger partial charge in [0.1, 0.15) is 17.8 Å². The fourth-order valence-electron chi connectivity index (χ4n) is 9.29. The zero-order chi connectivity index (χ0) is 40.6. The lowest BCUT2D eigenvalue weighted by atomic mass is 9.74. The van der Waals surface area contributed by atoms with Crippen LogP contribution in [0.5, 0.6) is 0 Å². The highest BCUT2D eigenvalue weighted by molar-refractivity contribution is 6.12. The van der Waals surface area contributed by atoms with Gasteiger partial charge in [0, 0.05) is 66.2 Å². The first-order valence-electron chi connectivity index (χ1n) is 20.7. The Kier molecular flexibility index (Phi) is 9.07. The summed E-state index contributed by atoms with van der Waals surface area (Å²) in [7, 11) is 0. The van der Waals surface area contributed by atoms with Gasteiger partial charge in [-0.3, -0.25) is 24.6 Å². The third-order valence-electron chi connectivity index (χ3n) is 13.3. The summed E-state index contributed by atoms with van der Waals surface area (Å²) in [5, 5.41) is 11.0. The van der Waals surface area contributed by atoms with Crippen LogP contribution in [0.2, 0.25) is 0 Å². The Balaban J connectivity index is 0.788. The summed E-state index contributed by atoms with van der Waals surface area (Å²) in [6, 6.07) is 18.1. The molecule has 3 aromatic heterocycles. The van der Waals surface area contributed by atoms with Crippen molar-refractivity contribution in [3.05, 3.63) is 101 Å². The van der Waals surface area contributed by atoms with Crippen molar-refractivity contribution in [2.75, 3.05) is 31.1 Å². The maximum atomic E-state index is 16.1. The summed E-state index contributed by atoms with van der Waals surface area (Å²) < 4.78 is 21.3. The zero-order valence-electron chi connectivity index (χ0n) is 33.3. The number of imide groups is 1. The molecular weight excluding hydrogens is 750 g/mol. The summed E-state index contributed by atoms with van der Waals surface area (Å²) in [4.78, 5) is 58.8. The molecule has 0 bridgehead atoms. The summed E-state index contributed by atoms with van der Waals surface area (Å²) in [5.74, 6) is -0.608. The zero-order valence-corrected chi connectivity index (χ0v) is 33.3. The molecule has 2 atom stereocenters. The summed E-state index contributed by atoms with van der Waals surface area (Å²) >= 11 is 0. The van der Waals surface area contributed by atoms with E-state index < -0.39 is 17.8 Å². The number of H-pyrrole nitrogens is 1. The van der Waals surface area contributed by atoms with Gasteiger partial charge in [0.15, 0.2) is 5.82 Å². The van der Waals surface area contributed by atoms with E-state index in [0.717, 1.165) is 85.0 Å². The smallest absolute Gasteiger partial charge is 0.315 e. The Morgan fingerprint density at radius 3 is 2.51 bits per heavy atom. The van der Waals surface area contributed by atoms with E-state index in [1.54, 1.807) is 13.0 Å². The van der Waals surface area contributed by atoms with Crippen molar-refractivity contribution in [1.82, 2.24) is 40.6 Å². The van der Waals surface area contributed by atoms with Gasteiger partial charge in [0.2, 0.25) is 11.8 Å². The van der Waals surface area contributed by atoms with Crippen LogP contribution >= 0.6 is 0 Å². The van der Waals surface area contributed by atoms with Gasteiger partial charge in [-0.2, -0.15) is 4.98 Å². The number of aromatic nitrogens is 5. The summed E-state index contributed by atoms with van der Waals surface area (Å²) in [5.41, 5.74) is 7.16. The van der Waals surface area contributed by atoms with E-state index in [4.69, 9.17) is 4.52 Å². The fourth-order valence-corrected chi connectivity index (χ4v) is 9.29. The number of anilines is 1. The molecule has 3 N–H and O–H groups in total. The van der Waals surface area contributed by atoms with Crippen molar-refractivity contribution in [3.8, 4) is 11.3 Å². The van der Waals surface area contributed by atoms with Gasteiger partial charge in [-0.05, 0) is 98.4 Å². The molecule has 2 saturated carbocycles. The van der Waals surface area contributed by atoms with E-state index in [0.29, 0.717) is 53.1 Å². The summed E-state index contributed by atoms with van der Waals surface area (Å²) in [6.45, 7) is 9.56. The SMILES string of the molecule is Cc1cc(-c2ncnc3[nH]c4cc(N5CCN(C6CC(c7ccc([C@H]8CCC(=O)NC8=O)cc7)C6)CC5)ccc4c23)c(F)cc1[C@@H](C)NC(=O)c1nc(C2(C)CC2)no1. The highest BCUT2D eigenvalue weighted by Crippen LogP contribution is 2.46. The molecule has 13 nitrogen and oxygen atoms in total. The number of amides is 3. The van der Waals surface area contributed by atoms with Crippen LogP contribution in [0.15, 0.2) is 65.4 Å². The molecule has 2 aliphatic carbocycles. The number of hydrogen-bond donors (Lipinski definition) is 3. The second-order valence-corrected chi connectivity index (χ2v) is 17.2. The first kappa shape index (κ1) is 37.3. The third-order valence-corrected chi connectivity index (χ3v) is 13.3. The predicted molar refractivity (Wildman–Crippen MR) is 219 cm³/mol. The van der Waals surface area contributed by atoms with Gasteiger partial charge in [-0.15, -0.1) is 0 Å². The molecule has 5 heterocycles. The Hall–Kier alpha value is -6.02. The molecule has 6 aromatic rings. The van der Waals surface area contributed by atoms with E-state index in [9.17, 15) is 14.4 Å². The predicted octanol–water partition coefficient (Wildman–Crippen LogP) is 6.74. The van der Waals surface area contributed by atoms with Crippen molar-refractivity contribution < 1.29 is 23.3 Å². The van der Waals surface area contributed by atoms with Gasteiger partial charge >= 0.3 is 11.8 Å². The standard InChI is InChI=1S/C45H46FN9O4/c1-24-18-34(35(46)22-33(24)25(2)49-42(58)43-52-44(53-59-43)45(3)12-13-45)39-38-32-9-8-29(21-36(32)50-40(38)48-23-47-39)54-14-16-55(17-15-54)30-19-28(20-30)26-4-6-27(7-5-26)31-10-11-37(56)51-41(31)57/h4-9,18,21-23,25,28,30-31H,10-17,19-20H2,1-3H3,(H,49,58)(H,47,48,50)(H,51,56,57)/t25-,28?,30?,31-/m1/s1. The number of piperazine rings is 1. The Labute approximate surface area is 340 Å². The fraction of sp³-hybridized carbons (Fsp3) is 0.400. The van der Waals surface area contributed by atoms with Gasteiger partial charge in [-0.1, -0.05) is 42.4 Å². The molecule has 4 fully saturated rings. The molecule has 2 saturated heterocycles. The quantitative estimate of drug-likeness (QED) is 0.134. The minimum atomic E-state index is -0.514. The number of carbonyl (C=O) groups excluding carboxylic acids is 3. The highest BCUT2D eigenvalue weighted by Gasteiger charge is 2.44. The second-order valence-electron chi connectivity index (χ2n) is 17.2. The molecule has 59 heavy (non-hydrogen) atoms. The number of halogens is 1. The van der Waals surface area contributed by atoms with Crippen LogP contribution < -0.4 is 15.5 Å². The summed E-state index contributed by atoms with van der Waals surface area (Å²) in [6.07, 6.45) is 6.60. The van der Waals surface area contributed by atoms with Crippen LogP contribution in [-0.2, 0) is 15.0 Å². The minimum Gasteiger partial charge on any atom is -0.369 e. The van der Waals surface area contributed by atoms with Crippen molar-refractivity contribution in [1.29, 1.82) is 0 Å². The van der Waals surface area contributed by atoms with E-state index in [2.05, 4.69) is 88.0 Å². The van der Waals surface area contributed by atoms with Crippen LogP contribution in [0.25, 0.3) is 33.2 Å². The van der Waals surface area contributed by atoms with E-state index in [-0.39, 0.29) is 29.0 Å². The number of aromatic amines is 1. The second kappa shape index (κ2) is 14.4. The van der Waals surface area contributed by atoms with E-state index >= 15 is 4.39 Å². The molecule has 0 radical (unpaired) electrons. The largest absolute Gasteiger partial charge is 0.369 e. The van der Waals surface area contributed by atoms with Crippen LogP contribution in [0.1, 0.15) is 109 Å². The number of fused-ring (bicyclic) bond motifs is 3. The molecule has 3 amide bonds. The molecule has 2 aliphatic heterocycles. The normalized spacial score (nSPS) is 22.3. The topological polar surface area (TPSA) is 162 Å². The van der Waals surface area contributed by atoms with E-state index in [1.807, 2.05) is 13.8 Å². The monoisotopic (exact) mass is 795 g/mol. The van der Waals surface area contributed by atoms with Crippen molar-refractivity contribution in [2.45, 2.75) is 88.6 Å². The minimum absolute atomic E-state index is 0.0968. The number of rotatable bonds is 9. The number of benzene rings is 3. The average Bonchev–Trinajstić information content (AvgIpc) is 3.58. The first-order chi connectivity index (χ1) is 28.5. The molecule has 10 rings (SSSR count). The maximum absolute atomic E-state index is 16.1. The first-order valence-corrected chi connectivity index (χ1v) is 20.7. The number of carbonyl (C=O) groups is 3. The maximum Gasteiger partial charge on any atom is 0.315 e. The molecule has 302 valence electrons. The number of piperidine rings is 1. The number of aryl methyl sites for hydroxylation is 1. The van der Waals surface area contributed by atoms with Crippen LogP contribution in [0.3, 0.4) is 0 Å². The number of hydrogen-bond acceptors (Lipinski definition) is 10. The molecule has 4 aliphatic rings. The lowest BCUT2D eigenvalue weighted by Gasteiger charge is -2.47. The van der Waals surface area contributed by atoms with Gasteiger partial charge in [0.25, 0.3) is 0 Å². The van der Waals surface area contributed by atoms with Gasteiger partial charge in [0.05, 0.1) is 23.0 Å². The lowest BCUT2D eigenvalue weighted by molar-refractivity contribution is -0.134. The van der Waals surface area contributed by atoms with Crippen molar-refractivity contribution >= 4 is 45.3 Å². The van der Waals surface area contributed by atoms with Crippen LogP contribution in [0.4, 0.5) is 10.1 Å². The average molecular weight is 796 g/mol. The Bertz CT molecular complexity index is 2640. The van der Waals surface area contributed by atoms with Crippen LogP contribution in [0, 0.1) is 12.7 Å². The Morgan fingerprint density at radius 2 is 1.76 bits per heavy atom. The van der Waals surface area contributed by atoms with E-state index in [1.165, 1.54) is 18.0 Å². The van der Waals surface area contributed by atoms with Crippen molar-refractivity contribution in [2.24, 2.45) is 0 Å². The van der Waals surface area contributed by atoms with Gasteiger partial charge < -0.3 is 19.7 Å². The third kappa shape index (κ3) is 6.82. The van der Waals surface area contributed by atoms with Crippen LogP contribution in [-0.4, -0.2) is 79.9 Å². The molecule has 14 heteroatoms. The molecule has 3 aromatic carbocycles. The molecule has 0 spiro atoms. The molecule has 0 unspecified atom stereocenters. The van der Waals surface area contributed by atoms with Crippen molar-refractivity contribution in [3.63, 3.8) is 0 Å². The lowest BCUT2D eigenvalue weighted by Crippen LogP contribution is -2.53. The Morgan fingerprint density at radius 1 is 1.00 bits per heavy atom. The van der Waals surface area contributed by atoms with Gasteiger partial charge in [-0.25, -0.2) is 14.4 Å².